The van der Waals surface area contributed by atoms with Gasteiger partial charge in [0.15, 0.2) is 0 Å². The van der Waals surface area contributed by atoms with E-state index in [1.54, 1.807) is 17.8 Å². The largest absolute Gasteiger partial charge is 0.384 e. The number of rotatable bonds is 5. The molecule has 108 valence electrons. The fourth-order valence-electron chi connectivity index (χ4n) is 1.88. The normalized spacial score (nSPS) is 11.4. The Labute approximate surface area is 125 Å². The highest BCUT2D eigenvalue weighted by molar-refractivity contribution is 7.98. The van der Waals surface area contributed by atoms with Gasteiger partial charge in [0.25, 0.3) is 5.91 Å². The Morgan fingerprint density at radius 2 is 2.25 bits per heavy atom. The number of hydrogen-bond donors (Lipinski definition) is 2. The molecule has 1 atom stereocenters. The summed E-state index contributed by atoms with van der Waals surface area (Å²) in [7, 11) is 0. The molecule has 0 radical (unpaired) electrons. The summed E-state index contributed by atoms with van der Waals surface area (Å²) in [5.41, 5.74) is 2.28. The fourth-order valence-corrected chi connectivity index (χ4v) is 2.60. The summed E-state index contributed by atoms with van der Waals surface area (Å²) >= 11 is 1.73. The van der Waals surface area contributed by atoms with Gasteiger partial charge in [-0.05, 0) is 37.3 Å². The standard InChI is InChI=1S/C16H21NO2S/c1-4-14(11-20-3)17-16(19)15-9-5-7-13(12(15)2)8-6-10-18/h5,7,9,14,18H,4,10-11H2,1-3H3,(H,17,19). The summed E-state index contributed by atoms with van der Waals surface area (Å²) in [6, 6.07) is 5.66. The van der Waals surface area contributed by atoms with Crippen LogP contribution in [0.1, 0.15) is 34.8 Å². The third kappa shape index (κ3) is 4.59. The Morgan fingerprint density at radius 3 is 2.85 bits per heavy atom. The lowest BCUT2D eigenvalue weighted by atomic mass is 10.0. The minimum Gasteiger partial charge on any atom is -0.384 e. The first-order chi connectivity index (χ1) is 9.63. The van der Waals surface area contributed by atoms with Gasteiger partial charge < -0.3 is 10.4 Å². The number of benzene rings is 1. The molecule has 1 aromatic rings. The molecule has 3 nitrogen and oxygen atoms in total. The number of thioether (sulfide) groups is 1. The van der Waals surface area contributed by atoms with Gasteiger partial charge in [0.05, 0.1) is 0 Å². The van der Waals surface area contributed by atoms with Crippen molar-refractivity contribution in [3.05, 3.63) is 34.9 Å². The summed E-state index contributed by atoms with van der Waals surface area (Å²) in [5.74, 6) is 6.33. The van der Waals surface area contributed by atoms with Crippen LogP contribution in [-0.2, 0) is 0 Å². The van der Waals surface area contributed by atoms with E-state index in [4.69, 9.17) is 5.11 Å². The third-order valence-corrected chi connectivity index (χ3v) is 3.81. The molecule has 4 heteroatoms. The van der Waals surface area contributed by atoms with Crippen LogP contribution in [0.3, 0.4) is 0 Å². The van der Waals surface area contributed by atoms with Crippen LogP contribution in [0.4, 0.5) is 0 Å². The molecule has 20 heavy (non-hydrogen) atoms. The molecule has 1 aromatic carbocycles. The Balaban J connectivity index is 2.93. The van der Waals surface area contributed by atoms with Crippen molar-refractivity contribution in [1.29, 1.82) is 0 Å². The van der Waals surface area contributed by atoms with Crippen LogP contribution in [-0.4, -0.2) is 35.7 Å². The van der Waals surface area contributed by atoms with Gasteiger partial charge >= 0.3 is 0 Å². The summed E-state index contributed by atoms with van der Waals surface area (Å²) in [4.78, 5) is 12.3. The lowest BCUT2D eigenvalue weighted by molar-refractivity contribution is 0.0939. The van der Waals surface area contributed by atoms with E-state index in [1.165, 1.54) is 0 Å². The van der Waals surface area contributed by atoms with E-state index in [0.717, 1.165) is 23.3 Å². The number of carbonyl (C=O) groups excluding carboxylic acids is 1. The number of carbonyl (C=O) groups is 1. The first-order valence-electron chi connectivity index (χ1n) is 6.63. The van der Waals surface area contributed by atoms with Gasteiger partial charge in [-0.25, -0.2) is 0 Å². The van der Waals surface area contributed by atoms with Crippen LogP contribution < -0.4 is 5.32 Å². The zero-order valence-electron chi connectivity index (χ0n) is 12.2. The van der Waals surface area contributed by atoms with Crippen LogP contribution in [0.25, 0.3) is 0 Å². The van der Waals surface area contributed by atoms with Crippen molar-refractivity contribution < 1.29 is 9.90 Å². The van der Waals surface area contributed by atoms with Crippen LogP contribution >= 0.6 is 11.8 Å². The van der Waals surface area contributed by atoms with Crippen LogP contribution in [0.5, 0.6) is 0 Å². The van der Waals surface area contributed by atoms with Crippen molar-refractivity contribution in [2.75, 3.05) is 18.6 Å². The predicted octanol–water partition coefficient (Wildman–Crippen LogP) is 2.21. The van der Waals surface area contributed by atoms with Gasteiger partial charge in [-0.2, -0.15) is 11.8 Å². The second-order valence-electron chi connectivity index (χ2n) is 4.47. The highest BCUT2D eigenvalue weighted by Gasteiger charge is 2.14. The van der Waals surface area contributed by atoms with Gasteiger partial charge in [-0.15, -0.1) is 0 Å². The molecule has 0 aliphatic rings. The maximum absolute atomic E-state index is 12.3. The molecule has 0 saturated heterocycles. The highest BCUT2D eigenvalue weighted by atomic mass is 32.2. The van der Waals surface area contributed by atoms with E-state index >= 15 is 0 Å². The zero-order chi connectivity index (χ0) is 15.0. The van der Waals surface area contributed by atoms with Crippen molar-refractivity contribution in [2.24, 2.45) is 0 Å². The van der Waals surface area contributed by atoms with Crippen molar-refractivity contribution in [3.8, 4) is 11.8 Å². The molecular weight excluding hydrogens is 270 g/mol. The van der Waals surface area contributed by atoms with Crippen LogP contribution in [0.15, 0.2) is 18.2 Å². The molecule has 1 unspecified atom stereocenters. The van der Waals surface area contributed by atoms with E-state index in [0.29, 0.717) is 5.56 Å². The van der Waals surface area contributed by atoms with Crippen molar-refractivity contribution >= 4 is 17.7 Å². The van der Waals surface area contributed by atoms with E-state index in [9.17, 15) is 4.79 Å². The lowest BCUT2D eigenvalue weighted by Crippen LogP contribution is -2.36. The van der Waals surface area contributed by atoms with E-state index in [-0.39, 0.29) is 18.6 Å². The molecule has 1 rings (SSSR count). The first-order valence-corrected chi connectivity index (χ1v) is 8.02. The minimum atomic E-state index is -0.179. The van der Waals surface area contributed by atoms with E-state index in [2.05, 4.69) is 24.1 Å². The molecule has 1 amide bonds. The Bertz CT molecular complexity index is 517. The van der Waals surface area contributed by atoms with Crippen molar-refractivity contribution in [3.63, 3.8) is 0 Å². The minimum absolute atomic E-state index is 0.0592. The van der Waals surface area contributed by atoms with Crippen molar-refractivity contribution in [1.82, 2.24) is 5.32 Å². The van der Waals surface area contributed by atoms with E-state index in [1.807, 2.05) is 25.3 Å². The number of hydrogen-bond acceptors (Lipinski definition) is 3. The molecule has 0 heterocycles. The number of amides is 1. The zero-order valence-corrected chi connectivity index (χ0v) is 13.0. The summed E-state index contributed by atoms with van der Waals surface area (Å²) in [6.07, 6.45) is 2.95. The number of aliphatic hydroxyl groups is 1. The topological polar surface area (TPSA) is 49.3 Å². The Morgan fingerprint density at radius 1 is 1.50 bits per heavy atom. The molecule has 0 saturated carbocycles. The lowest BCUT2D eigenvalue weighted by Gasteiger charge is -2.17. The SMILES string of the molecule is CCC(CSC)NC(=O)c1cccc(C#CCO)c1C. The van der Waals surface area contributed by atoms with Gasteiger partial charge in [0, 0.05) is 22.9 Å². The molecule has 0 aliphatic carbocycles. The average Bonchev–Trinajstić information content (AvgIpc) is 2.45. The first kappa shape index (κ1) is 16.6. The van der Waals surface area contributed by atoms with Gasteiger partial charge in [0.1, 0.15) is 6.61 Å². The average molecular weight is 291 g/mol. The van der Waals surface area contributed by atoms with Gasteiger partial charge in [-0.1, -0.05) is 24.8 Å². The van der Waals surface area contributed by atoms with Gasteiger partial charge in [-0.3, -0.25) is 4.79 Å². The third-order valence-electron chi connectivity index (χ3n) is 3.08. The Hall–Kier alpha value is -1.44. The summed E-state index contributed by atoms with van der Waals surface area (Å²) < 4.78 is 0. The second kappa shape index (κ2) is 8.68. The molecule has 0 aromatic heterocycles. The second-order valence-corrected chi connectivity index (χ2v) is 5.38. The summed E-state index contributed by atoms with van der Waals surface area (Å²) in [5, 5.41) is 11.8. The van der Waals surface area contributed by atoms with Gasteiger partial charge in [0.2, 0.25) is 0 Å². The predicted molar refractivity (Wildman–Crippen MR) is 85.1 cm³/mol. The summed E-state index contributed by atoms with van der Waals surface area (Å²) in [6.45, 7) is 3.77. The van der Waals surface area contributed by atoms with Crippen molar-refractivity contribution in [2.45, 2.75) is 26.3 Å². The highest BCUT2D eigenvalue weighted by Crippen LogP contribution is 2.13. The maximum atomic E-state index is 12.3. The molecule has 0 bridgehead atoms. The molecular formula is C16H21NO2S. The number of aliphatic hydroxyl groups excluding tert-OH is 1. The Kier molecular flexibility index (Phi) is 7.21. The van der Waals surface area contributed by atoms with Crippen LogP contribution in [0, 0.1) is 18.8 Å². The quantitative estimate of drug-likeness (QED) is 0.818. The van der Waals surface area contributed by atoms with E-state index < -0.39 is 0 Å². The fraction of sp³-hybridized carbons (Fsp3) is 0.438. The van der Waals surface area contributed by atoms with Crippen LogP contribution in [0.2, 0.25) is 0 Å². The smallest absolute Gasteiger partial charge is 0.251 e. The molecule has 0 aliphatic heterocycles. The monoisotopic (exact) mass is 291 g/mol. The number of nitrogens with one attached hydrogen (secondary N) is 1. The molecule has 0 fully saturated rings. The maximum Gasteiger partial charge on any atom is 0.251 e. The molecule has 0 spiro atoms. The molecule has 2 N–H and O–H groups in total.